The molecule has 2 unspecified atom stereocenters. The highest BCUT2D eigenvalue weighted by atomic mass is 16.3. The molecule has 0 aliphatic carbocycles. The van der Waals surface area contributed by atoms with Crippen LogP contribution in [0.15, 0.2) is 18.7 Å². The normalized spacial score (nSPS) is 24.6. The van der Waals surface area contributed by atoms with E-state index in [2.05, 4.69) is 11.9 Å². The van der Waals surface area contributed by atoms with Crippen molar-refractivity contribution in [3.05, 3.63) is 18.7 Å². The molecule has 1 amide bonds. The van der Waals surface area contributed by atoms with Gasteiger partial charge in [0, 0.05) is 37.9 Å². The minimum atomic E-state index is -0.623. The number of carbonyl (C=O) groups excluding carboxylic acids is 1. The van der Waals surface area contributed by atoms with E-state index in [1.54, 1.807) is 12.5 Å². The first-order chi connectivity index (χ1) is 10.0. The number of hydrogen-bond donors (Lipinski definition) is 1. The summed E-state index contributed by atoms with van der Waals surface area (Å²) < 4.78 is 2.04. The van der Waals surface area contributed by atoms with Crippen LogP contribution in [0.25, 0.3) is 0 Å². The Hall–Kier alpha value is -1.36. The van der Waals surface area contributed by atoms with E-state index in [0.29, 0.717) is 19.4 Å². The lowest BCUT2D eigenvalue weighted by Gasteiger charge is -2.25. The zero-order valence-corrected chi connectivity index (χ0v) is 13.2. The average molecular weight is 293 g/mol. The second-order valence-electron chi connectivity index (χ2n) is 6.39. The molecule has 1 aromatic rings. The standard InChI is InChI=1S/C16H27N3O2/c1-3-5-14(19-11-8-17-13-19)12-15(20)18-9-4-6-16(2,21)7-10-18/h8,11,13-14,21H,3-7,9-10,12H2,1-2H3. The molecule has 1 N–H and O–H groups in total. The Balaban J connectivity index is 1.95. The highest BCUT2D eigenvalue weighted by Gasteiger charge is 2.28. The van der Waals surface area contributed by atoms with Gasteiger partial charge in [0.15, 0.2) is 0 Å². The van der Waals surface area contributed by atoms with Crippen LogP contribution in [0.4, 0.5) is 0 Å². The van der Waals surface area contributed by atoms with E-state index in [9.17, 15) is 9.90 Å². The zero-order valence-electron chi connectivity index (χ0n) is 13.2. The van der Waals surface area contributed by atoms with Gasteiger partial charge in [-0.15, -0.1) is 0 Å². The van der Waals surface area contributed by atoms with Gasteiger partial charge in [-0.05, 0) is 32.6 Å². The number of aromatic nitrogens is 2. The summed E-state index contributed by atoms with van der Waals surface area (Å²) in [6, 6.07) is 0.189. The van der Waals surface area contributed by atoms with Crippen LogP contribution in [0, 0.1) is 0 Å². The fraction of sp³-hybridized carbons (Fsp3) is 0.750. The van der Waals surface area contributed by atoms with Gasteiger partial charge in [0.2, 0.25) is 5.91 Å². The number of likely N-dealkylation sites (tertiary alicyclic amines) is 1. The van der Waals surface area contributed by atoms with E-state index in [0.717, 1.165) is 32.2 Å². The summed E-state index contributed by atoms with van der Waals surface area (Å²) >= 11 is 0. The van der Waals surface area contributed by atoms with Crippen molar-refractivity contribution in [3.63, 3.8) is 0 Å². The molecular weight excluding hydrogens is 266 g/mol. The topological polar surface area (TPSA) is 58.4 Å². The van der Waals surface area contributed by atoms with Crippen molar-refractivity contribution >= 4 is 5.91 Å². The largest absolute Gasteiger partial charge is 0.390 e. The summed E-state index contributed by atoms with van der Waals surface area (Å²) in [6.45, 7) is 5.43. The summed E-state index contributed by atoms with van der Waals surface area (Å²) in [5.74, 6) is 0.194. The van der Waals surface area contributed by atoms with Crippen molar-refractivity contribution in [3.8, 4) is 0 Å². The molecule has 2 atom stereocenters. The molecule has 0 spiro atoms. The summed E-state index contributed by atoms with van der Waals surface area (Å²) in [5, 5.41) is 10.1. The highest BCUT2D eigenvalue weighted by Crippen LogP contribution is 2.24. The lowest BCUT2D eigenvalue weighted by Crippen LogP contribution is -2.34. The molecule has 21 heavy (non-hydrogen) atoms. The molecule has 1 fully saturated rings. The van der Waals surface area contributed by atoms with Crippen LogP contribution in [0.3, 0.4) is 0 Å². The minimum absolute atomic E-state index is 0.189. The molecule has 5 nitrogen and oxygen atoms in total. The van der Waals surface area contributed by atoms with Gasteiger partial charge in [0.25, 0.3) is 0 Å². The maximum Gasteiger partial charge on any atom is 0.224 e. The number of nitrogens with zero attached hydrogens (tertiary/aromatic N) is 3. The Morgan fingerprint density at radius 2 is 2.24 bits per heavy atom. The number of rotatable bonds is 5. The van der Waals surface area contributed by atoms with Gasteiger partial charge < -0.3 is 14.6 Å². The maximum absolute atomic E-state index is 12.6. The van der Waals surface area contributed by atoms with Crippen LogP contribution in [0.2, 0.25) is 0 Å². The number of carbonyl (C=O) groups is 1. The maximum atomic E-state index is 12.6. The first-order valence-electron chi connectivity index (χ1n) is 7.99. The van der Waals surface area contributed by atoms with Gasteiger partial charge >= 0.3 is 0 Å². The van der Waals surface area contributed by atoms with Crippen molar-refractivity contribution in [1.82, 2.24) is 14.5 Å². The third-order valence-corrected chi connectivity index (χ3v) is 4.40. The lowest BCUT2D eigenvalue weighted by molar-refractivity contribution is -0.132. The summed E-state index contributed by atoms with van der Waals surface area (Å²) in [6.07, 6.45) is 10.4. The molecule has 118 valence electrons. The van der Waals surface area contributed by atoms with E-state index < -0.39 is 5.60 Å². The Morgan fingerprint density at radius 1 is 1.43 bits per heavy atom. The summed E-state index contributed by atoms with van der Waals surface area (Å²) in [4.78, 5) is 18.6. The van der Waals surface area contributed by atoms with E-state index in [-0.39, 0.29) is 11.9 Å². The highest BCUT2D eigenvalue weighted by molar-refractivity contribution is 5.76. The molecule has 0 saturated carbocycles. The SMILES string of the molecule is CCCC(CC(=O)N1CCCC(C)(O)CC1)n1ccnc1. The van der Waals surface area contributed by atoms with Crippen molar-refractivity contribution < 1.29 is 9.90 Å². The van der Waals surface area contributed by atoms with E-state index in [1.807, 2.05) is 22.6 Å². The van der Waals surface area contributed by atoms with Crippen LogP contribution in [0.1, 0.15) is 58.4 Å². The molecule has 1 aliphatic rings. The number of hydrogen-bond acceptors (Lipinski definition) is 3. The molecule has 1 aromatic heterocycles. The zero-order chi connectivity index (χ0) is 15.3. The Bertz CT molecular complexity index is 442. The fourth-order valence-electron chi connectivity index (χ4n) is 3.02. The molecule has 5 heteroatoms. The molecule has 1 saturated heterocycles. The van der Waals surface area contributed by atoms with Crippen molar-refractivity contribution in [2.45, 2.75) is 64.0 Å². The Kier molecular flexibility index (Phi) is 5.39. The van der Waals surface area contributed by atoms with E-state index in [4.69, 9.17) is 0 Å². The third-order valence-electron chi connectivity index (χ3n) is 4.40. The molecular formula is C16H27N3O2. The van der Waals surface area contributed by atoms with Crippen LogP contribution in [-0.4, -0.2) is 44.2 Å². The molecule has 1 aliphatic heterocycles. The van der Waals surface area contributed by atoms with Gasteiger partial charge in [-0.25, -0.2) is 4.98 Å². The van der Waals surface area contributed by atoms with E-state index in [1.165, 1.54) is 0 Å². The van der Waals surface area contributed by atoms with E-state index >= 15 is 0 Å². The fourth-order valence-corrected chi connectivity index (χ4v) is 3.02. The number of imidazole rings is 1. The predicted octanol–water partition coefficient (Wildman–Crippen LogP) is 2.38. The second kappa shape index (κ2) is 7.07. The Morgan fingerprint density at radius 3 is 2.90 bits per heavy atom. The van der Waals surface area contributed by atoms with Crippen molar-refractivity contribution in [2.75, 3.05) is 13.1 Å². The minimum Gasteiger partial charge on any atom is -0.390 e. The molecule has 0 aromatic carbocycles. The van der Waals surface area contributed by atoms with Gasteiger partial charge in [-0.3, -0.25) is 4.79 Å². The van der Waals surface area contributed by atoms with Gasteiger partial charge in [-0.1, -0.05) is 13.3 Å². The first kappa shape index (κ1) is 16.0. The van der Waals surface area contributed by atoms with Gasteiger partial charge in [-0.2, -0.15) is 0 Å². The molecule has 0 radical (unpaired) electrons. The molecule has 2 rings (SSSR count). The first-order valence-corrected chi connectivity index (χ1v) is 7.99. The smallest absolute Gasteiger partial charge is 0.224 e. The number of amides is 1. The quantitative estimate of drug-likeness (QED) is 0.906. The van der Waals surface area contributed by atoms with Crippen molar-refractivity contribution in [1.29, 1.82) is 0 Å². The van der Waals surface area contributed by atoms with Crippen molar-refractivity contribution in [2.24, 2.45) is 0 Å². The second-order valence-corrected chi connectivity index (χ2v) is 6.39. The van der Waals surface area contributed by atoms with Crippen LogP contribution >= 0.6 is 0 Å². The van der Waals surface area contributed by atoms with Gasteiger partial charge in [0.1, 0.15) is 0 Å². The summed E-state index contributed by atoms with van der Waals surface area (Å²) in [5.41, 5.74) is -0.623. The predicted molar refractivity (Wildman–Crippen MR) is 81.8 cm³/mol. The van der Waals surface area contributed by atoms with Crippen LogP contribution in [-0.2, 0) is 4.79 Å². The third kappa shape index (κ3) is 4.56. The monoisotopic (exact) mass is 293 g/mol. The van der Waals surface area contributed by atoms with Gasteiger partial charge in [0.05, 0.1) is 11.9 Å². The summed E-state index contributed by atoms with van der Waals surface area (Å²) in [7, 11) is 0. The number of aliphatic hydroxyl groups is 1. The molecule has 2 heterocycles. The van der Waals surface area contributed by atoms with Crippen LogP contribution < -0.4 is 0 Å². The average Bonchev–Trinajstić information content (AvgIpc) is 2.89. The Labute approximate surface area is 127 Å². The lowest BCUT2D eigenvalue weighted by atomic mass is 9.98. The van der Waals surface area contributed by atoms with Crippen LogP contribution in [0.5, 0.6) is 0 Å². The molecule has 0 bridgehead atoms.